The molecule has 42 heavy (non-hydrogen) atoms. The molecular weight excluding hydrogens is 630 g/mol. The zero-order valence-corrected chi connectivity index (χ0v) is 28.8. The summed E-state index contributed by atoms with van der Waals surface area (Å²) in [4.78, 5) is 12.7. The third-order valence-corrected chi connectivity index (χ3v) is 8.64. The van der Waals surface area contributed by atoms with E-state index in [-0.39, 0.29) is 23.7 Å². The number of carbonyl (C=O) groups is 1. The number of hydrogen-bond donors (Lipinski definition) is 2. The summed E-state index contributed by atoms with van der Waals surface area (Å²) in [5, 5.41) is 15.6. The van der Waals surface area contributed by atoms with E-state index in [1.165, 1.54) is 40.0 Å². The van der Waals surface area contributed by atoms with Crippen molar-refractivity contribution in [2.45, 2.75) is 77.8 Å². The van der Waals surface area contributed by atoms with E-state index < -0.39 is 6.23 Å². The standard InChI is InChI=1S/C29H33BrClNO3S.C4H10.C2H4/c1-4-35-27(33)14-15-32-29(34)23-12-10-21(11-13-23)17-24(22-8-6-5-7-9-22)25-18-36-28(20(25)3)26(30)16-19(2)31;1-3-4-2;1-2/h5-13,16,18-19,24,29,32,34H,4,14-15,17H2,1-3H3;3-4H2,1-2H3;1-2H2/b26-16+;;. The third kappa shape index (κ3) is 13.0. The second-order valence-corrected chi connectivity index (χ2v) is 12.1. The van der Waals surface area contributed by atoms with Crippen LogP contribution in [-0.2, 0) is 16.0 Å². The molecule has 0 saturated heterocycles. The Bertz CT molecular complexity index is 1190. The summed E-state index contributed by atoms with van der Waals surface area (Å²) < 4.78 is 5.95. The van der Waals surface area contributed by atoms with Crippen LogP contribution in [0.3, 0.4) is 0 Å². The minimum Gasteiger partial charge on any atom is -0.466 e. The molecule has 4 nitrogen and oxygen atoms in total. The first-order valence-corrected chi connectivity index (χ1v) is 16.6. The molecule has 1 heterocycles. The predicted molar refractivity (Wildman–Crippen MR) is 186 cm³/mol. The molecule has 230 valence electrons. The molecular formula is C35H47BrClNO3S. The highest BCUT2D eigenvalue weighted by Gasteiger charge is 2.21. The van der Waals surface area contributed by atoms with Crippen LogP contribution in [0.4, 0.5) is 0 Å². The zero-order valence-electron chi connectivity index (χ0n) is 25.7. The van der Waals surface area contributed by atoms with E-state index in [0.29, 0.717) is 13.2 Å². The monoisotopic (exact) mass is 675 g/mol. The SMILES string of the molecule is C=C.CCCC.CCOC(=O)CCNC(O)c1ccc(CC(c2ccccc2)c2csc(/C(Br)=C\C(C)Cl)c2C)cc1. The predicted octanol–water partition coefficient (Wildman–Crippen LogP) is 9.94. The van der Waals surface area contributed by atoms with Gasteiger partial charge in [-0.05, 0) is 76.3 Å². The number of carbonyl (C=O) groups excluding carboxylic acids is 1. The molecule has 0 aliphatic carbocycles. The molecule has 0 radical (unpaired) electrons. The highest BCUT2D eigenvalue weighted by Crippen LogP contribution is 2.39. The van der Waals surface area contributed by atoms with Gasteiger partial charge in [0.2, 0.25) is 0 Å². The Balaban J connectivity index is 0.00000135. The van der Waals surface area contributed by atoms with Gasteiger partial charge in [-0.15, -0.1) is 36.1 Å². The quantitative estimate of drug-likeness (QED) is 0.0819. The summed E-state index contributed by atoms with van der Waals surface area (Å²) in [6.45, 7) is 17.0. The van der Waals surface area contributed by atoms with Crippen LogP contribution in [-0.4, -0.2) is 29.6 Å². The van der Waals surface area contributed by atoms with Crippen molar-refractivity contribution in [2.75, 3.05) is 13.2 Å². The minimum atomic E-state index is -0.839. The van der Waals surface area contributed by atoms with Crippen LogP contribution in [0.5, 0.6) is 0 Å². The Morgan fingerprint density at radius 3 is 2.24 bits per heavy atom. The Morgan fingerprint density at radius 1 is 1.07 bits per heavy atom. The summed E-state index contributed by atoms with van der Waals surface area (Å²) in [7, 11) is 0. The molecule has 0 spiro atoms. The van der Waals surface area contributed by atoms with Crippen LogP contribution in [0, 0.1) is 6.92 Å². The average molecular weight is 677 g/mol. The first kappa shape index (κ1) is 37.8. The number of aliphatic hydroxyl groups excluding tert-OH is 1. The van der Waals surface area contributed by atoms with E-state index in [4.69, 9.17) is 16.3 Å². The summed E-state index contributed by atoms with van der Waals surface area (Å²) >= 11 is 11.6. The third-order valence-electron chi connectivity index (χ3n) is 6.46. The lowest BCUT2D eigenvalue weighted by Crippen LogP contribution is -2.24. The molecule has 0 bridgehead atoms. The van der Waals surface area contributed by atoms with Gasteiger partial charge < -0.3 is 9.84 Å². The molecule has 1 aromatic heterocycles. The number of unbranched alkanes of at least 4 members (excludes halogenated alkanes) is 1. The van der Waals surface area contributed by atoms with Crippen molar-refractivity contribution >= 4 is 49.3 Å². The van der Waals surface area contributed by atoms with Crippen molar-refractivity contribution < 1.29 is 14.6 Å². The van der Waals surface area contributed by atoms with Crippen molar-refractivity contribution in [1.29, 1.82) is 0 Å². The van der Waals surface area contributed by atoms with Crippen LogP contribution < -0.4 is 5.32 Å². The number of halogens is 2. The van der Waals surface area contributed by atoms with Gasteiger partial charge >= 0.3 is 5.97 Å². The molecule has 0 aliphatic heterocycles. The number of alkyl halides is 1. The Morgan fingerprint density at radius 2 is 1.69 bits per heavy atom. The maximum atomic E-state index is 11.5. The van der Waals surface area contributed by atoms with Crippen LogP contribution >= 0.6 is 38.9 Å². The van der Waals surface area contributed by atoms with Gasteiger partial charge in [-0.2, -0.15) is 0 Å². The molecule has 3 rings (SSSR count). The van der Waals surface area contributed by atoms with E-state index in [1.807, 2.05) is 31.2 Å². The van der Waals surface area contributed by atoms with Gasteiger partial charge in [0.05, 0.1) is 18.4 Å². The first-order chi connectivity index (χ1) is 20.2. The molecule has 2 aromatic carbocycles. The maximum Gasteiger partial charge on any atom is 0.307 e. The summed E-state index contributed by atoms with van der Waals surface area (Å²) in [5.41, 5.74) is 5.77. The van der Waals surface area contributed by atoms with Crippen molar-refractivity contribution in [3.05, 3.63) is 112 Å². The molecule has 3 unspecified atom stereocenters. The molecule has 0 fully saturated rings. The molecule has 0 saturated carbocycles. The Hall–Kier alpha value is -2.22. The van der Waals surface area contributed by atoms with Gasteiger partial charge in [0.1, 0.15) is 6.23 Å². The first-order valence-electron chi connectivity index (χ1n) is 14.5. The molecule has 0 amide bonds. The highest BCUT2D eigenvalue weighted by atomic mass is 79.9. The normalized spacial score (nSPS) is 13.1. The lowest BCUT2D eigenvalue weighted by Gasteiger charge is -2.19. The number of rotatable bonds is 13. The maximum absolute atomic E-state index is 11.5. The largest absolute Gasteiger partial charge is 0.466 e. The smallest absolute Gasteiger partial charge is 0.307 e. The number of ether oxygens (including phenoxy) is 1. The van der Waals surface area contributed by atoms with E-state index in [2.05, 4.69) is 97.0 Å². The topological polar surface area (TPSA) is 58.6 Å². The van der Waals surface area contributed by atoms with Gasteiger partial charge in [-0.25, -0.2) is 0 Å². The highest BCUT2D eigenvalue weighted by molar-refractivity contribution is 9.15. The number of esters is 1. The van der Waals surface area contributed by atoms with Crippen molar-refractivity contribution in [3.8, 4) is 0 Å². The lowest BCUT2D eigenvalue weighted by atomic mass is 9.85. The zero-order chi connectivity index (χ0) is 31.5. The fourth-order valence-electron chi connectivity index (χ4n) is 4.11. The van der Waals surface area contributed by atoms with Crippen LogP contribution in [0.2, 0.25) is 0 Å². The van der Waals surface area contributed by atoms with Gasteiger partial charge in [-0.1, -0.05) is 87.4 Å². The molecule has 7 heteroatoms. The Kier molecular flexibility index (Phi) is 19.3. The van der Waals surface area contributed by atoms with Crippen LogP contribution in [0.25, 0.3) is 4.48 Å². The number of thiophene rings is 1. The van der Waals surface area contributed by atoms with Gasteiger partial charge in [-0.3, -0.25) is 10.1 Å². The second kappa shape index (κ2) is 21.5. The number of nitrogens with one attached hydrogen (secondary N) is 1. The number of benzene rings is 2. The van der Waals surface area contributed by atoms with E-state index in [9.17, 15) is 9.90 Å². The summed E-state index contributed by atoms with van der Waals surface area (Å²) in [6.07, 6.45) is 4.88. The second-order valence-electron chi connectivity index (χ2n) is 9.66. The van der Waals surface area contributed by atoms with E-state index in [1.54, 1.807) is 18.3 Å². The Labute approximate surface area is 271 Å². The molecule has 0 aliphatic rings. The van der Waals surface area contributed by atoms with Crippen molar-refractivity contribution in [3.63, 3.8) is 0 Å². The van der Waals surface area contributed by atoms with Gasteiger partial charge in [0, 0.05) is 21.8 Å². The van der Waals surface area contributed by atoms with Crippen LogP contribution in [0.1, 0.15) is 91.8 Å². The molecule has 3 atom stereocenters. The number of hydrogen-bond acceptors (Lipinski definition) is 5. The van der Waals surface area contributed by atoms with Crippen LogP contribution in [0.15, 0.2) is 79.2 Å². The van der Waals surface area contributed by atoms with Gasteiger partial charge in [0.25, 0.3) is 0 Å². The van der Waals surface area contributed by atoms with Crippen molar-refractivity contribution in [1.82, 2.24) is 5.32 Å². The molecule has 3 aromatic rings. The lowest BCUT2D eigenvalue weighted by molar-refractivity contribution is -0.143. The molecule has 2 N–H and O–H groups in total. The van der Waals surface area contributed by atoms with Crippen molar-refractivity contribution in [2.24, 2.45) is 0 Å². The number of allylic oxidation sites excluding steroid dienone is 1. The van der Waals surface area contributed by atoms with Gasteiger partial charge in [0.15, 0.2) is 0 Å². The fourth-order valence-corrected chi connectivity index (χ4v) is 6.43. The minimum absolute atomic E-state index is 0.0530. The summed E-state index contributed by atoms with van der Waals surface area (Å²) in [5.74, 6) is -0.0746. The number of aliphatic hydroxyl groups is 1. The summed E-state index contributed by atoms with van der Waals surface area (Å²) in [6, 6.07) is 18.6. The average Bonchev–Trinajstić information content (AvgIpc) is 3.38. The fraction of sp³-hybridized carbons (Fsp3) is 0.400. The van der Waals surface area contributed by atoms with E-state index >= 15 is 0 Å². The van der Waals surface area contributed by atoms with E-state index in [0.717, 1.165) is 16.5 Å².